The summed E-state index contributed by atoms with van der Waals surface area (Å²) >= 11 is 1.43. The van der Waals surface area contributed by atoms with E-state index in [0.717, 1.165) is 10.5 Å². The lowest BCUT2D eigenvalue weighted by molar-refractivity contribution is -0.116. The lowest BCUT2D eigenvalue weighted by Crippen LogP contribution is -2.28. The Labute approximate surface area is 169 Å². The van der Waals surface area contributed by atoms with Gasteiger partial charge in [0.15, 0.2) is 9.84 Å². The van der Waals surface area contributed by atoms with Crippen molar-refractivity contribution in [2.45, 2.75) is 41.7 Å². The molecular formula is C20H22N2O4S2. The summed E-state index contributed by atoms with van der Waals surface area (Å²) in [4.78, 5) is 25.1. The molecule has 2 N–H and O–H groups in total. The van der Waals surface area contributed by atoms with Gasteiger partial charge in [0, 0.05) is 17.0 Å². The largest absolute Gasteiger partial charge is 0.326 e. The predicted molar refractivity (Wildman–Crippen MR) is 111 cm³/mol. The molecule has 0 aliphatic carbocycles. The molecule has 2 aromatic rings. The molecule has 2 amide bonds. The number of sulfone groups is 1. The number of thioether (sulfide) groups is 1. The molecule has 6 nitrogen and oxygen atoms in total. The van der Waals surface area contributed by atoms with E-state index in [1.807, 2.05) is 32.0 Å². The third kappa shape index (κ3) is 4.74. The van der Waals surface area contributed by atoms with E-state index in [1.165, 1.54) is 23.9 Å². The van der Waals surface area contributed by atoms with Crippen molar-refractivity contribution < 1.29 is 18.0 Å². The number of anilines is 2. The summed E-state index contributed by atoms with van der Waals surface area (Å²) in [5.41, 5.74) is 2.15. The van der Waals surface area contributed by atoms with Crippen molar-refractivity contribution >= 4 is 44.8 Å². The summed E-state index contributed by atoms with van der Waals surface area (Å²) in [7, 11) is -3.65. The monoisotopic (exact) mass is 418 g/mol. The molecule has 1 heterocycles. The van der Waals surface area contributed by atoms with Gasteiger partial charge in [-0.15, -0.1) is 11.8 Å². The molecule has 0 radical (unpaired) electrons. The van der Waals surface area contributed by atoms with Gasteiger partial charge in [-0.1, -0.05) is 19.1 Å². The van der Waals surface area contributed by atoms with Gasteiger partial charge in [-0.3, -0.25) is 9.59 Å². The van der Waals surface area contributed by atoms with Crippen molar-refractivity contribution in [3.05, 3.63) is 48.0 Å². The standard InChI is InChI=1S/C20H22N2O4S2/c1-3-17-20(24)22-16-12-15(7-8-18(16)27-17)28(25,26)10-9-19(23)21-14-6-4-5-13(2)11-14/h4-8,11-12,17H,3,9-10H2,1-2H3,(H,21,23)(H,22,24)/t17-/m0/s1. The molecule has 0 bridgehead atoms. The molecule has 0 saturated heterocycles. The zero-order chi connectivity index (χ0) is 20.3. The third-order valence-corrected chi connectivity index (χ3v) is 7.56. The van der Waals surface area contributed by atoms with Crippen molar-refractivity contribution in [3.63, 3.8) is 0 Å². The number of rotatable bonds is 6. The third-order valence-electron chi connectivity index (χ3n) is 4.40. The molecule has 1 aliphatic heterocycles. The molecule has 8 heteroatoms. The lowest BCUT2D eigenvalue weighted by atomic mass is 10.2. The van der Waals surface area contributed by atoms with Crippen molar-refractivity contribution in [2.24, 2.45) is 0 Å². The van der Waals surface area contributed by atoms with E-state index in [2.05, 4.69) is 10.6 Å². The maximum Gasteiger partial charge on any atom is 0.237 e. The first-order chi connectivity index (χ1) is 13.3. The molecule has 0 unspecified atom stereocenters. The fourth-order valence-electron chi connectivity index (χ4n) is 2.88. The Morgan fingerprint density at radius 3 is 2.71 bits per heavy atom. The van der Waals surface area contributed by atoms with Crippen LogP contribution < -0.4 is 10.6 Å². The summed E-state index contributed by atoms with van der Waals surface area (Å²) in [6.45, 7) is 3.85. The van der Waals surface area contributed by atoms with Gasteiger partial charge in [0.25, 0.3) is 0 Å². The number of amides is 2. The summed E-state index contributed by atoms with van der Waals surface area (Å²) in [5, 5.41) is 5.32. The van der Waals surface area contributed by atoms with Crippen LogP contribution in [0.2, 0.25) is 0 Å². The van der Waals surface area contributed by atoms with E-state index >= 15 is 0 Å². The number of benzene rings is 2. The van der Waals surface area contributed by atoms with E-state index in [-0.39, 0.29) is 34.1 Å². The molecule has 148 valence electrons. The maximum absolute atomic E-state index is 12.6. The van der Waals surface area contributed by atoms with Crippen LogP contribution in [0.25, 0.3) is 0 Å². The zero-order valence-corrected chi connectivity index (χ0v) is 17.3. The molecule has 1 aliphatic rings. The van der Waals surface area contributed by atoms with Crippen LogP contribution in [0.15, 0.2) is 52.3 Å². The minimum absolute atomic E-state index is 0.102. The van der Waals surface area contributed by atoms with Gasteiger partial charge < -0.3 is 10.6 Å². The highest BCUT2D eigenvalue weighted by molar-refractivity contribution is 8.01. The lowest BCUT2D eigenvalue weighted by Gasteiger charge is -2.23. The van der Waals surface area contributed by atoms with Crippen molar-refractivity contribution in [3.8, 4) is 0 Å². The van der Waals surface area contributed by atoms with Gasteiger partial charge in [0.1, 0.15) is 0 Å². The van der Waals surface area contributed by atoms with E-state index in [1.54, 1.807) is 12.1 Å². The van der Waals surface area contributed by atoms with Crippen LogP contribution in [0.1, 0.15) is 25.3 Å². The van der Waals surface area contributed by atoms with Gasteiger partial charge in [-0.2, -0.15) is 0 Å². The topological polar surface area (TPSA) is 92.3 Å². The minimum atomic E-state index is -3.65. The minimum Gasteiger partial charge on any atom is -0.326 e. The van der Waals surface area contributed by atoms with Crippen LogP contribution in [-0.2, 0) is 19.4 Å². The quantitative estimate of drug-likeness (QED) is 0.747. The highest BCUT2D eigenvalue weighted by Crippen LogP contribution is 2.38. The van der Waals surface area contributed by atoms with Crippen molar-refractivity contribution in [1.29, 1.82) is 0 Å². The molecule has 0 spiro atoms. The summed E-state index contributed by atoms with van der Waals surface area (Å²) in [5.74, 6) is -0.781. The van der Waals surface area contributed by atoms with E-state index in [0.29, 0.717) is 17.8 Å². The van der Waals surface area contributed by atoms with Gasteiger partial charge in [0.2, 0.25) is 11.8 Å². The Morgan fingerprint density at radius 2 is 2.00 bits per heavy atom. The summed E-state index contributed by atoms with van der Waals surface area (Å²) < 4.78 is 25.3. The van der Waals surface area contributed by atoms with Crippen LogP contribution in [0.4, 0.5) is 11.4 Å². The van der Waals surface area contributed by atoms with Crippen LogP contribution in [0.5, 0.6) is 0 Å². The molecule has 28 heavy (non-hydrogen) atoms. The number of hydrogen-bond donors (Lipinski definition) is 2. The maximum atomic E-state index is 12.6. The average molecular weight is 419 g/mol. The Kier molecular flexibility index (Phi) is 6.10. The molecule has 1 atom stereocenters. The number of carbonyl (C=O) groups excluding carboxylic acids is 2. The van der Waals surface area contributed by atoms with Gasteiger partial charge in [-0.25, -0.2) is 8.42 Å². The van der Waals surface area contributed by atoms with Crippen LogP contribution in [-0.4, -0.2) is 31.2 Å². The second-order valence-corrected chi connectivity index (χ2v) is 10.0. The summed E-state index contributed by atoms with van der Waals surface area (Å²) in [6.07, 6.45) is 0.554. The SMILES string of the molecule is CC[C@@H]1Sc2ccc(S(=O)(=O)CCC(=O)Nc3cccc(C)c3)cc2NC1=O. The zero-order valence-electron chi connectivity index (χ0n) is 15.7. The smallest absolute Gasteiger partial charge is 0.237 e. The fourth-order valence-corrected chi connectivity index (χ4v) is 5.17. The van der Waals surface area contributed by atoms with Crippen LogP contribution >= 0.6 is 11.8 Å². The van der Waals surface area contributed by atoms with E-state index < -0.39 is 9.84 Å². The number of nitrogens with one attached hydrogen (secondary N) is 2. The van der Waals surface area contributed by atoms with Crippen LogP contribution in [0, 0.1) is 6.92 Å². The predicted octanol–water partition coefficient (Wildman–Crippen LogP) is 3.62. The molecule has 0 saturated carbocycles. The number of hydrogen-bond acceptors (Lipinski definition) is 5. The molecule has 2 aromatic carbocycles. The van der Waals surface area contributed by atoms with E-state index in [4.69, 9.17) is 0 Å². The molecule has 3 rings (SSSR count). The first kappa shape index (κ1) is 20.4. The van der Waals surface area contributed by atoms with E-state index in [9.17, 15) is 18.0 Å². The van der Waals surface area contributed by atoms with Crippen molar-refractivity contribution in [2.75, 3.05) is 16.4 Å². The second-order valence-electron chi connectivity index (χ2n) is 6.65. The fraction of sp³-hybridized carbons (Fsp3) is 0.300. The van der Waals surface area contributed by atoms with Gasteiger partial charge in [0.05, 0.1) is 21.6 Å². The normalized spacial score (nSPS) is 16.2. The Balaban J connectivity index is 1.67. The molecule has 0 aromatic heterocycles. The number of carbonyl (C=O) groups is 2. The van der Waals surface area contributed by atoms with Gasteiger partial charge >= 0.3 is 0 Å². The highest BCUT2D eigenvalue weighted by Gasteiger charge is 2.27. The average Bonchev–Trinajstić information content (AvgIpc) is 2.65. The first-order valence-corrected chi connectivity index (χ1v) is 11.5. The Bertz CT molecular complexity index is 1020. The highest BCUT2D eigenvalue weighted by atomic mass is 32.2. The Morgan fingerprint density at radius 1 is 1.21 bits per heavy atom. The Hall–Kier alpha value is -2.32. The van der Waals surface area contributed by atoms with Gasteiger partial charge in [-0.05, 0) is 49.2 Å². The molecule has 0 fully saturated rings. The first-order valence-electron chi connectivity index (χ1n) is 8.99. The van der Waals surface area contributed by atoms with Crippen molar-refractivity contribution in [1.82, 2.24) is 0 Å². The van der Waals surface area contributed by atoms with Crippen LogP contribution in [0.3, 0.4) is 0 Å². The molecular weight excluding hydrogens is 396 g/mol. The number of aryl methyl sites for hydroxylation is 1. The number of fused-ring (bicyclic) bond motifs is 1. The summed E-state index contributed by atoms with van der Waals surface area (Å²) in [6, 6.07) is 12.0. The second kappa shape index (κ2) is 8.36.